The SMILES string of the molecule is Nc1ccc(F)c(C(=O)c2c[nH]c3ncc(Cl)cc23)c1F.SC1=CCCS1. The van der Waals surface area contributed by atoms with E-state index in [-0.39, 0.29) is 11.3 Å². The van der Waals surface area contributed by atoms with Gasteiger partial charge in [0, 0.05) is 33.3 Å². The molecule has 1 aliphatic rings. The van der Waals surface area contributed by atoms with Crippen LogP contribution in [-0.4, -0.2) is 21.5 Å². The summed E-state index contributed by atoms with van der Waals surface area (Å²) in [6, 6.07) is 3.51. The zero-order valence-electron chi connectivity index (χ0n) is 13.8. The van der Waals surface area contributed by atoms with Gasteiger partial charge >= 0.3 is 0 Å². The number of aromatic nitrogens is 2. The van der Waals surface area contributed by atoms with Crippen molar-refractivity contribution in [2.24, 2.45) is 0 Å². The molecule has 0 unspecified atom stereocenters. The molecule has 4 rings (SSSR count). The summed E-state index contributed by atoms with van der Waals surface area (Å²) in [5.74, 6) is -1.65. The maximum atomic E-state index is 13.9. The van der Waals surface area contributed by atoms with Gasteiger partial charge in [-0.25, -0.2) is 13.8 Å². The average molecular weight is 426 g/mol. The predicted octanol–water partition coefficient (Wildman–Crippen LogP) is 5.20. The van der Waals surface area contributed by atoms with Gasteiger partial charge in [0.1, 0.15) is 11.5 Å². The Morgan fingerprint density at radius 1 is 1.37 bits per heavy atom. The van der Waals surface area contributed by atoms with Gasteiger partial charge in [-0.05, 0) is 24.6 Å². The van der Waals surface area contributed by atoms with E-state index in [0.29, 0.717) is 16.1 Å². The number of nitrogens with zero attached hydrogens (tertiary/aromatic N) is 1. The van der Waals surface area contributed by atoms with Crippen LogP contribution in [-0.2, 0) is 0 Å². The normalized spacial score (nSPS) is 13.3. The third-order valence-corrected chi connectivity index (χ3v) is 5.46. The van der Waals surface area contributed by atoms with E-state index < -0.39 is 23.0 Å². The van der Waals surface area contributed by atoms with Crippen molar-refractivity contribution >= 4 is 58.5 Å². The molecule has 0 spiro atoms. The number of rotatable bonds is 2. The van der Waals surface area contributed by atoms with Gasteiger partial charge in [0.25, 0.3) is 0 Å². The number of aromatic amines is 1. The van der Waals surface area contributed by atoms with E-state index in [2.05, 4.69) is 28.7 Å². The molecule has 0 saturated carbocycles. The zero-order valence-corrected chi connectivity index (χ0v) is 16.3. The molecule has 0 saturated heterocycles. The maximum Gasteiger partial charge on any atom is 0.201 e. The highest BCUT2D eigenvalue weighted by atomic mass is 35.5. The number of halogens is 3. The van der Waals surface area contributed by atoms with E-state index in [1.165, 1.54) is 34.9 Å². The van der Waals surface area contributed by atoms with Crippen molar-refractivity contribution in [3.63, 3.8) is 0 Å². The van der Waals surface area contributed by atoms with Gasteiger partial charge in [0.2, 0.25) is 5.78 Å². The fourth-order valence-corrected chi connectivity index (χ4v) is 3.72. The molecule has 0 bridgehead atoms. The van der Waals surface area contributed by atoms with Gasteiger partial charge in [0.05, 0.1) is 16.3 Å². The van der Waals surface area contributed by atoms with Crippen LogP contribution in [0.3, 0.4) is 0 Å². The number of H-pyrrole nitrogens is 1. The molecule has 0 radical (unpaired) electrons. The maximum absolute atomic E-state index is 13.9. The summed E-state index contributed by atoms with van der Waals surface area (Å²) >= 11 is 11.8. The topological polar surface area (TPSA) is 71.8 Å². The number of nitrogens with two attached hydrogens (primary N) is 1. The lowest BCUT2D eigenvalue weighted by Crippen LogP contribution is -2.09. The molecule has 3 heterocycles. The number of carbonyl (C=O) groups excluding carboxylic acids is 1. The highest BCUT2D eigenvalue weighted by molar-refractivity contribution is 8.15. The smallest absolute Gasteiger partial charge is 0.201 e. The van der Waals surface area contributed by atoms with Crippen molar-refractivity contribution < 1.29 is 13.6 Å². The summed E-state index contributed by atoms with van der Waals surface area (Å²) in [5.41, 5.74) is 4.86. The minimum Gasteiger partial charge on any atom is -0.396 e. The minimum atomic E-state index is -1.08. The van der Waals surface area contributed by atoms with E-state index in [1.807, 2.05) is 11.8 Å². The lowest BCUT2D eigenvalue weighted by atomic mass is 10.0. The van der Waals surface area contributed by atoms with E-state index in [9.17, 15) is 13.6 Å². The Hall–Kier alpha value is -2.03. The number of anilines is 1. The first-order chi connectivity index (χ1) is 12.9. The monoisotopic (exact) mass is 425 g/mol. The first-order valence-electron chi connectivity index (χ1n) is 7.81. The van der Waals surface area contributed by atoms with E-state index in [4.69, 9.17) is 17.3 Å². The number of ketones is 1. The Bertz CT molecular complexity index is 1050. The Labute approximate surface area is 168 Å². The van der Waals surface area contributed by atoms with Crippen LogP contribution in [0.25, 0.3) is 11.0 Å². The zero-order chi connectivity index (χ0) is 19.6. The molecule has 2 aromatic heterocycles. The van der Waals surface area contributed by atoms with Crippen LogP contribution in [0.2, 0.25) is 5.02 Å². The fraction of sp³-hybridized carbons (Fsp3) is 0.111. The number of hydrogen-bond donors (Lipinski definition) is 3. The van der Waals surface area contributed by atoms with Crippen LogP contribution < -0.4 is 5.73 Å². The number of benzene rings is 1. The number of allylic oxidation sites excluding steroid dienone is 1. The summed E-state index contributed by atoms with van der Waals surface area (Å²) in [4.78, 5) is 19.1. The van der Waals surface area contributed by atoms with Crippen LogP contribution in [0.15, 0.2) is 40.9 Å². The second kappa shape index (κ2) is 8.33. The molecule has 0 atom stereocenters. The second-order valence-corrected chi connectivity index (χ2v) is 7.94. The average Bonchev–Trinajstić information content (AvgIpc) is 3.27. The number of hydrogen-bond acceptors (Lipinski definition) is 5. The van der Waals surface area contributed by atoms with Crippen LogP contribution in [0, 0.1) is 11.6 Å². The molecule has 3 aromatic rings. The van der Waals surface area contributed by atoms with Crippen molar-refractivity contribution in [1.82, 2.24) is 9.97 Å². The first kappa shape index (κ1) is 19.7. The molecular formula is C18H14ClF2N3OS2. The number of fused-ring (bicyclic) bond motifs is 1. The van der Waals surface area contributed by atoms with Crippen molar-refractivity contribution in [2.45, 2.75) is 6.42 Å². The Kier molecular flexibility index (Phi) is 6.08. The lowest BCUT2D eigenvalue weighted by Gasteiger charge is -2.05. The molecule has 3 N–H and O–H groups in total. The summed E-state index contributed by atoms with van der Waals surface area (Å²) < 4.78 is 28.9. The Morgan fingerprint density at radius 3 is 2.78 bits per heavy atom. The van der Waals surface area contributed by atoms with Crippen molar-refractivity contribution in [1.29, 1.82) is 0 Å². The van der Waals surface area contributed by atoms with Crippen LogP contribution in [0.5, 0.6) is 0 Å². The van der Waals surface area contributed by atoms with E-state index in [1.54, 1.807) is 0 Å². The second-order valence-electron chi connectivity index (χ2n) is 5.59. The van der Waals surface area contributed by atoms with Crippen LogP contribution in [0.1, 0.15) is 22.3 Å². The van der Waals surface area contributed by atoms with Crippen LogP contribution >= 0.6 is 36.0 Å². The minimum absolute atomic E-state index is 0.0726. The number of thioether (sulfide) groups is 1. The van der Waals surface area contributed by atoms with Crippen molar-refractivity contribution in [3.8, 4) is 0 Å². The first-order valence-corrected chi connectivity index (χ1v) is 9.62. The van der Waals surface area contributed by atoms with Gasteiger partial charge in [-0.1, -0.05) is 17.7 Å². The fourth-order valence-electron chi connectivity index (χ4n) is 2.48. The summed E-state index contributed by atoms with van der Waals surface area (Å²) in [7, 11) is 0. The van der Waals surface area contributed by atoms with Gasteiger partial charge in [-0.2, -0.15) is 0 Å². The summed E-state index contributed by atoms with van der Waals surface area (Å²) in [5, 5.41) is 0.693. The lowest BCUT2D eigenvalue weighted by molar-refractivity contribution is 0.103. The molecular weight excluding hydrogens is 412 g/mol. The molecule has 4 nitrogen and oxygen atoms in total. The van der Waals surface area contributed by atoms with Gasteiger partial charge in [-0.15, -0.1) is 24.4 Å². The number of thiol groups is 1. The van der Waals surface area contributed by atoms with Gasteiger partial charge in [0.15, 0.2) is 5.82 Å². The number of nitrogen functional groups attached to an aromatic ring is 1. The summed E-state index contributed by atoms with van der Waals surface area (Å²) in [6.45, 7) is 0. The van der Waals surface area contributed by atoms with Gasteiger partial charge in [-0.3, -0.25) is 4.79 Å². The Balaban J connectivity index is 0.000000299. The predicted molar refractivity (Wildman–Crippen MR) is 109 cm³/mol. The third kappa shape index (κ3) is 4.28. The molecule has 0 amide bonds. The molecule has 9 heteroatoms. The molecule has 1 aliphatic heterocycles. The molecule has 27 heavy (non-hydrogen) atoms. The quantitative estimate of drug-likeness (QED) is 0.299. The number of carbonyl (C=O) groups is 1. The van der Waals surface area contributed by atoms with E-state index in [0.717, 1.165) is 12.1 Å². The number of nitrogens with one attached hydrogen (secondary N) is 1. The van der Waals surface area contributed by atoms with Crippen molar-refractivity contribution in [3.05, 3.63) is 68.7 Å². The number of pyridine rings is 1. The molecule has 1 aromatic carbocycles. The summed E-state index contributed by atoms with van der Waals surface area (Å²) in [6.07, 6.45) is 6.09. The third-order valence-electron chi connectivity index (χ3n) is 3.78. The largest absolute Gasteiger partial charge is 0.396 e. The highest BCUT2D eigenvalue weighted by Crippen LogP contribution is 2.27. The van der Waals surface area contributed by atoms with Gasteiger partial charge < -0.3 is 10.7 Å². The molecule has 0 aliphatic carbocycles. The molecule has 0 fully saturated rings. The standard InChI is InChI=1S/C14H8ClF2N3O.C4H6S2/c15-6-3-7-8(5-20-14(7)19-4-6)13(21)11-9(16)1-2-10(18)12(11)17;5-4-2-1-3-6-4/h1-5H,18H2,(H,19,20);2,5H,1,3H2. The van der Waals surface area contributed by atoms with E-state index >= 15 is 0 Å². The molecule has 140 valence electrons. The van der Waals surface area contributed by atoms with Crippen LogP contribution in [0.4, 0.5) is 14.5 Å². The Morgan fingerprint density at radius 2 is 2.15 bits per heavy atom. The van der Waals surface area contributed by atoms with Crippen molar-refractivity contribution in [2.75, 3.05) is 11.5 Å². The highest BCUT2D eigenvalue weighted by Gasteiger charge is 2.23.